The molecule has 14 atom stereocenters. The maximum absolute atomic E-state index is 15.2. The lowest BCUT2D eigenvalue weighted by Gasteiger charge is -2.35. The van der Waals surface area contributed by atoms with Crippen LogP contribution in [0.5, 0.6) is 23.3 Å². The summed E-state index contributed by atoms with van der Waals surface area (Å²) in [7, 11) is -9.44. The van der Waals surface area contributed by atoms with Gasteiger partial charge < -0.3 is 38.2 Å². The van der Waals surface area contributed by atoms with E-state index in [1.54, 1.807) is 38.1 Å². The van der Waals surface area contributed by atoms with E-state index in [1.165, 1.54) is 46.5 Å². The van der Waals surface area contributed by atoms with Gasteiger partial charge in [-0.1, -0.05) is 64.8 Å². The summed E-state index contributed by atoms with van der Waals surface area (Å²) in [6.45, 7) is 10.8. The van der Waals surface area contributed by atoms with Gasteiger partial charge in [-0.15, -0.1) is 0 Å². The Bertz CT molecular complexity index is 4810. The fraction of sp³-hybridized carbons (Fsp3) is 0.659. The Morgan fingerprint density at radius 3 is 1.26 bits per heavy atom. The molecule has 4 amide bonds. The van der Waals surface area contributed by atoms with Crippen molar-refractivity contribution in [3.05, 3.63) is 84.7 Å². The van der Waals surface area contributed by atoms with Crippen molar-refractivity contribution in [1.29, 1.82) is 0 Å². The van der Waals surface area contributed by atoms with Crippen molar-refractivity contribution in [2.45, 2.75) is 282 Å². The van der Waals surface area contributed by atoms with E-state index in [2.05, 4.69) is 9.97 Å². The van der Waals surface area contributed by atoms with Crippen LogP contribution in [0.1, 0.15) is 233 Å². The Kier molecular flexibility index (Phi) is 24.8. The second-order valence-electron chi connectivity index (χ2n) is 35.5. The highest BCUT2D eigenvalue weighted by Gasteiger charge is 2.65. The van der Waals surface area contributed by atoms with E-state index in [9.17, 15) is 63.2 Å². The molecule has 24 nitrogen and oxygen atoms in total. The van der Waals surface area contributed by atoms with Gasteiger partial charge in [0.1, 0.15) is 12.2 Å². The van der Waals surface area contributed by atoms with Crippen LogP contribution in [0.3, 0.4) is 0 Å². The number of hydrogen-bond acceptors (Lipinski definition) is 20. The average molecular weight is 1730 g/mol. The third kappa shape index (κ3) is 20.1. The van der Waals surface area contributed by atoms with Crippen molar-refractivity contribution in [1.82, 2.24) is 29.2 Å². The standard InChI is InChI=1S/2C44H58F3N3O9S/c2*1-8-27-18-26(3)12-10-11-13-29-23-44(29,40(54)49-60(55,56)42(6)15-16-42)24-35(51)34-20-30(58-38-31-21-33(45)36(57-9-2)19-28(31)14-17-48-38)25-50(34)39(53)32(27)22-37(52)59-41(4,5)43(7,46)47/h2*11,13-14,17,19,21,26-27,29-30,32,34H,8-10,12,15-16,18,20,22-25H2,1-7H3,(H,49,54)/b2*13-11-/t26-,27+,29+,30+,32-,34-,44+;26-,27-,29-,30-,32+,34+,44-/m01/s1/i2*6D3. The predicted octanol–water partition coefficient (Wildman–Crippen LogP) is 14.9. The van der Waals surface area contributed by atoms with Crippen LogP contribution in [-0.4, -0.2) is 167 Å². The summed E-state index contributed by atoms with van der Waals surface area (Å²) in [5.41, 5.74) is -7.60. The number of benzene rings is 2. The number of allylic oxidation sites excluding steroid dienone is 4. The van der Waals surface area contributed by atoms with Crippen molar-refractivity contribution in [3.8, 4) is 23.3 Å². The molecule has 12 rings (SSSR count). The Balaban J connectivity index is 0.000000245. The number of nitrogens with zero attached hydrogens (tertiary/aromatic N) is 4. The van der Waals surface area contributed by atoms with Gasteiger partial charge in [-0.3, -0.25) is 47.8 Å². The van der Waals surface area contributed by atoms with Crippen LogP contribution in [0.25, 0.3) is 21.5 Å². The van der Waals surface area contributed by atoms with Crippen LogP contribution >= 0.6 is 0 Å². The first kappa shape index (κ1) is 83.8. The summed E-state index contributed by atoms with van der Waals surface area (Å²) in [4.78, 5) is 127. The molecule has 2 aromatic carbocycles. The van der Waals surface area contributed by atoms with Crippen LogP contribution in [0.15, 0.2) is 73.1 Å². The lowest BCUT2D eigenvalue weighted by atomic mass is 9.79. The molecule has 0 bridgehead atoms. The molecule has 6 fully saturated rings. The number of amides is 4. The van der Waals surface area contributed by atoms with Crippen molar-refractivity contribution >= 4 is 88.7 Å². The second kappa shape index (κ2) is 35.4. The zero-order valence-corrected chi connectivity index (χ0v) is 71.7. The molecule has 6 heterocycles. The minimum Gasteiger partial charge on any atom is -0.491 e. The molecule has 4 aromatic rings. The molecule has 660 valence electrons. The number of nitrogens with one attached hydrogen (secondary N) is 2. The molecule has 0 radical (unpaired) electrons. The van der Waals surface area contributed by atoms with E-state index in [0.29, 0.717) is 76.0 Å². The molecule has 2 saturated heterocycles. The smallest absolute Gasteiger partial charge is 0.307 e. The van der Waals surface area contributed by atoms with Gasteiger partial charge in [0.15, 0.2) is 45.9 Å². The number of carbonyl (C=O) groups excluding carboxylic acids is 8. The number of hydrogen-bond donors (Lipinski definition) is 2. The highest BCUT2D eigenvalue weighted by Crippen LogP contribution is 2.60. The molecule has 120 heavy (non-hydrogen) atoms. The van der Waals surface area contributed by atoms with Gasteiger partial charge in [-0.25, -0.2) is 53.1 Å². The number of rotatable bonds is 24. The summed E-state index contributed by atoms with van der Waals surface area (Å²) >= 11 is 0. The van der Waals surface area contributed by atoms with Crippen LogP contribution in [0, 0.1) is 69.8 Å². The van der Waals surface area contributed by atoms with Gasteiger partial charge in [0, 0.05) is 70.9 Å². The number of ketones is 2. The summed E-state index contributed by atoms with van der Waals surface area (Å²) in [6, 6.07) is 6.11. The highest BCUT2D eigenvalue weighted by atomic mass is 32.2. The third-order valence-electron chi connectivity index (χ3n) is 25.8. The monoisotopic (exact) mass is 1730 g/mol. The molecule has 4 saturated carbocycles. The van der Waals surface area contributed by atoms with Crippen LogP contribution < -0.4 is 28.4 Å². The molecular weight excluding hydrogens is 1610 g/mol. The number of carbonyl (C=O) groups is 8. The molecule has 8 aliphatic rings. The van der Waals surface area contributed by atoms with Crippen molar-refractivity contribution in [3.63, 3.8) is 0 Å². The van der Waals surface area contributed by atoms with E-state index in [-0.39, 0.29) is 124 Å². The first-order valence-corrected chi connectivity index (χ1v) is 44.6. The van der Waals surface area contributed by atoms with Gasteiger partial charge in [-0.05, 0) is 215 Å². The maximum atomic E-state index is 15.2. The zero-order chi connectivity index (χ0) is 93.0. The van der Waals surface area contributed by atoms with Gasteiger partial charge in [0.05, 0.1) is 83.4 Å². The Morgan fingerprint density at radius 2 is 0.933 bits per heavy atom. The maximum Gasteiger partial charge on any atom is 0.307 e. The van der Waals surface area contributed by atoms with Gasteiger partial charge in [0.2, 0.25) is 55.4 Å². The van der Waals surface area contributed by atoms with Gasteiger partial charge in [-0.2, -0.15) is 0 Å². The van der Waals surface area contributed by atoms with Crippen molar-refractivity contribution in [2.75, 3.05) is 26.3 Å². The SMILES string of the molecule is [2H]C([2H])([2H])C1(S(=O)(=O)NC(=O)[C@]23CC(=O)[C@@H]4C[C@@H](Oc5nccc6cc(OCC)c(F)cc56)CN4C(=O)[C@@H](CC(=O)OC(C)(C)C(C)(F)F)[C@H](CC)C[C@@H](C)CC/C=C\[C@@H]2C3)CC1.[2H]C([2H])([2H])C1(S(=O)(=O)NC(=O)[C@]23CC(=O)[C@@H]4C[C@@H](Oc5nccc6cc(OCC)c(F)cc56)CN4C(=O)[C@@H](CC(=O)OC(C)(C)C(C)(F)F)[C@H](CC)C[C@H](C)CC/C=C\[C@@H]2C3)CC1. The van der Waals surface area contributed by atoms with E-state index in [1.807, 2.05) is 49.3 Å². The summed E-state index contributed by atoms with van der Waals surface area (Å²) in [6.07, 6.45) is 9.35. The molecule has 0 unspecified atom stereocenters. The second-order valence-corrected chi connectivity index (χ2v) is 39.5. The van der Waals surface area contributed by atoms with E-state index < -0.39 is 221 Å². The number of sulfonamides is 2. The minimum absolute atomic E-state index is 0.00177. The highest BCUT2D eigenvalue weighted by molar-refractivity contribution is 7.92. The van der Waals surface area contributed by atoms with Gasteiger partial charge in [0.25, 0.3) is 11.8 Å². The molecule has 4 aliphatic heterocycles. The number of Topliss-reactive ketones (excluding diaryl/α,β-unsaturated/α-hetero) is 2. The molecule has 0 spiro atoms. The Labute approximate surface area is 707 Å². The largest absolute Gasteiger partial charge is 0.491 e. The molecule has 32 heteroatoms. The summed E-state index contributed by atoms with van der Waals surface area (Å²) < 4.78 is 224. The Hall–Kier alpha value is -8.42. The fourth-order valence-electron chi connectivity index (χ4n) is 17.0. The van der Waals surface area contributed by atoms with E-state index in [4.69, 9.17) is 36.6 Å². The average Bonchev–Trinajstić information content (AvgIpc) is 1.55. The molecule has 4 aliphatic carbocycles. The third-order valence-corrected chi connectivity index (χ3v) is 29.6. The van der Waals surface area contributed by atoms with Crippen LogP contribution in [0.2, 0.25) is 0 Å². The number of fused-ring (bicyclic) bond motifs is 6. The lowest BCUT2D eigenvalue weighted by Crippen LogP contribution is -2.49. The first-order valence-electron chi connectivity index (χ1n) is 44.7. The zero-order valence-electron chi connectivity index (χ0n) is 76.0. The quantitative estimate of drug-likeness (QED) is 0.0374. The number of pyridine rings is 2. The number of esters is 2. The number of alkyl halides is 4. The van der Waals surface area contributed by atoms with Crippen molar-refractivity contribution < 1.29 is 118 Å². The van der Waals surface area contributed by atoms with Crippen molar-refractivity contribution in [2.24, 2.45) is 58.2 Å². The number of aromatic nitrogens is 2. The lowest BCUT2D eigenvalue weighted by molar-refractivity contribution is -0.197. The number of ether oxygens (including phenoxy) is 6. The summed E-state index contributed by atoms with van der Waals surface area (Å²) in [5, 5.41) is 1.63. The Morgan fingerprint density at radius 1 is 0.567 bits per heavy atom. The van der Waals surface area contributed by atoms with Crippen LogP contribution in [-0.2, 0) is 67.9 Å². The minimum atomic E-state index is -4.72. The van der Waals surface area contributed by atoms with Gasteiger partial charge >= 0.3 is 11.9 Å². The fourth-order valence-corrected chi connectivity index (χ4v) is 19.6. The van der Waals surface area contributed by atoms with Crippen LogP contribution in [0.4, 0.5) is 26.3 Å². The normalized spacial score (nSPS) is 30.0. The topological polar surface area (TPSA) is 317 Å². The van der Waals surface area contributed by atoms with E-state index in [0.717, 1.165) is 27.7 Å². The number of halogens is 6. The molecule has 2 N–H and O–H groups in total. The molecule has 2 aromatic heterocycles. The first-order chi connectivity index (χ1) is 58.6. The van der Waals surface area contributed by atoms with E-state index >= 15 is 18.4 Å². The predicted molar refractivity (Wildman–Crippen MR) is 434 cm³/mol. The molecular formula is C88H116F6N6O18S2. The summed E-state index contributed by atoms with van der Waals surface area (Å²) in [5.74, 6) is -19.1.